The van der Waals surface area contributed by atoms with Crippen molar-refractivity contribution in [1.29, 1.82) is 0 Å². The maximum absolute atomic E-state index is 13.4. The van der Waals surface area contributed by atoms with Gasteiger partial charge in [-0.3, -0.25) is 14.4 Å². The first-order valence-corrected chi connectivity index (χ1v) is 11.1. The van der Waals surface area contributed by atoms with E-state index in [1.807, 2.05) is 41.0 Å². The predicted molar refractivity (Wildman–Crippen MR) is 114 cm³/mol. The number of carbonyl (C=O) groups is 2. The topological polar surface area (TPSA) is 87.9 Å². The van der Waals surface area contributed by atoms with Gasteiger partial charge in [0, 0.05) is 51.5 Å². The van der Waals surface area contributed by atoms with E-state index in [1.165, 1.54) is 11.1 Å². The molecule has 11 heteroatoms. The molecule has 3 aliphatic heterocycles. The molecule has 0 saturated carbocycles. The highest BCUT2D eigenvalue weighted by molar-refractivity contribution is 5.86. The number of rotatable bonds is 4. The number of hydrogen-bond donors (Lipinski definition) is 1. The Hall–Kier alpha value is -2.92. The molecule has 34 heavy (non-hydrogen) atoms. The Morgan fingerprint density at radius 2 is 1.91 bits per heavy atom. The number of aromatic nitrogens is 2. The first-order chi connectivity index (χ1) is 16.1. The van der Waals surface area contributed by atoms with Crippen LogP contribution in [0.3, 0.4) is 0 Å². The smallest absolute Gasteiger partial charge is 0.475 e. The van der Waals surface area contributed by atoms with Gasteiger partial charge in [-0.2, -0.15) is 18.3 Å². The standard InChI is InChI=1S/C21H26N4O2.C2HF3O2/c1-23-11-17(10-22-23)12-24-14-18-9-21(19(15-24)27-18)7-8-25(20(21)26)13-16-5-3-2-4-6-16;3-2(4,5)1(6)7/h2-6,10-11,18-19H,7-9,12-15H2,1H3;(H,6,7)/t18-,19-,21-;/m0./s1. The summed E-state index contributed by atoms with van der Waals surface area (Å²) >= 11 is 0. The molecule has 184 valence electrons. The van der Waals surface area contributed by atoms with Crippen LogP contribution in [0.25, 0.3) is 0 Å². The lowest BCUT2D eigenvalue weighted by molar-refractivity contribution is -0.192. The summed E-state index contributed by atoms with van der Waals surface area (Å²) in [5, 5.41) is 11.4. The molecule has 5 rings (SSSR count). The minimum atomic E-state index is -5.08. The highest BCUT2D eigenvalue weighted by atomic mass is 19.4. The number of hydrogen-bond acceptors (Lipinski definition) is 5. The molecule has 0 unspecified atom stereocenters. The third-order valence-corrected chi connectivity index (χ3v) is 6.62. The first-order valence-electron chi connectivity index (χ1n) is 11.1. The number of ether oxygens (including phenoxy) is 1. The van der Waals surface area contributed by atoms with Crippen molar-refractivity contribution in [3.8, 4) is 0 Å². The normalized spacial score (nSPS) is 26.6. The zero-order chi connectivity index (χ0) is 24.5. The summed E-state index contributed by atoms with van der Waals surface area (Å²) in [5.41, 5.74) is 2.10. The number of carboxylic acids is 1. The fourth-order valence-electron chi connectivity index (χ4n) is 5.11. The number of benzene rings is 1. The van der Waals surface area contributed by atoms with Crippen LogP contribution in [0.15, 0.2) is 42.7 Å². The number of carbonyl (C=O) groups excluding carboxylic acids is 1. The van der Waals surface area contributed by atoms with Crippen molar-refractivity contribution in [2.75, 3.05) is 19.6 Å². The molecule has 4 heterocycles. The Labute approximate surface area is 194 Å². The van der Waals surface area contributed by atoms with E-state index in [4.69, 9.17) is 14.6 Å². The highest BCUT2D eigenvalue weighted by Gasteiger charge is 2.60. The Bertz CT molecular complexity index is 1030. The van der Waals surface area contributed by atoms with Gasteiger partial charge in [-0.15, -0.1) is 0 Å². The molecule has 1 spiro atoms. The van der Waals surface area contributed by atoms with Crippen molar-refractivity contribution in [2.24, 2.45) is 12.5 Å². The van der Waals surface area contributed by atoms with Gasteiger partial charge in [-0.25, -0.2) is 4.79 Å². The van der Waals surface area contributed by atoms with Crippen LogP contribution in [0, 0.1) is 5.41 Å². The van der Waals surface area contributed by atoms with Crippen molar-refractivity contribution in [3.63, 3.8) is 0 Å². The van der Waals surface area contributed by atoms with E-state index in [0.717, 1.165) is 39.0 Å². The summed E-state index contributed by atoms with van der Waals surface area (Å²) in [6.45, 7) is 4.15. The molecule has 3 saturated heterocycles. The summed E-state index contributed by atoms with van der Waals surface area (Å²) in [7, 11) is 1.94. The third-order valence-electron chi connectivity index (χ3n) is 6.62. The quantitative estimate of drug-likeness (QED) is 0.724. The van der Waals surface area contributed by atoms with Crippen LogP contribution in [0.2, 0.25) is 0 Å². The molecule has 1 aromatic heterocycles. The van der Waals surface area contributed by atoms with E-state index in [2.05, 4.69) is 28.3 Å². The summed E-state index contributed by atoms with van der Waals surface area (Å²) in [6, 6.07) is 10.3. The molecule has 3 atom stereocenters. The number of carboxylic acid groups (broad SMARTS) is 1. The molecular weight excluding hydrogens is 453 g/mol. The Kier molecular flexibility index (Phi) is 6.68. The van der Waals surface area contributed by atoms with Gasteiger partial charge in [0.05, 0.1) is 23.8 Å². The lowest BCUT2D eigenvalue weighted by atomic mass is 9.79. The molecule has 2 aromatic rings. The van der Waals surface area contributed by atoms with Crippen LogP contribution in [0.5, 0.6) is 0 Å². The van der Waals surface area contributed by atoms with Crippen LogP contribution in [0.1, 0.15) is 24.0 Å². The van der Waals surface area contributed by atoms with E-state index in [1.54, 1.807) is 0 Å². The number of aliphatic carboxylic acids is 1. The van der Waals surface area contributed by atoms with E-state index < -0.39 is 12.1 Å². The van der Waals surface area contributed by atoms with Gasteiger partial charge in [-0.1, -0.05) is 30.3 Å². The second kappa shape index (κ2) is 9.38. The van der Waals surface area contributed by atoms with Crippen LogP contribution in [-0.2, 0) is 34.5 Å². The molecular formula is C23H27F3N4O4. The van der Waals surface area contributed by atoms with Crippen LogP contribution in [-0.4, -0.2) is 74.6 Å². The van der Waals surface area contributed by atoms with Gasteiger partial charge in [0.25, 0.3) is 0 Å². The minimum absolute atomic E-state index is 0.0150. The molecule has 0 aliphatic carbocycles. The summed E-state index contributed by atoms with van der Waals surface area (Å²) < 4.78 is 39.8. The third kappa shape index (κ3) is 5.10. The number of alkyl halides is 3. The SMILES string of the molecule is Cn1cc(CN2C[C@@H]3C[C@@]4(CCN(Cc5ccccc5)C4=O)[C@H](C2)O3)cn1.O=C(O)C(F)(F)F. The lowest BCUT2D eigenvalue weighted by Gasteiger charge is -2.34. The number of amides is 1. The molecule has 1 aromatic carbocycles. The van der Waals surface area contributed by atoms with Crippen molar-refractivity contribution in [3.05, 3.63) is 53.9 Å². The number of aryl methyl sites for hydroxylation is 1. The van der Waals surface area contributed by atoms with Gasteiger partial charge in [0.1, 0.15) is 0 Å². The van der Waals surface area contributed by atoms with Crippen LogP contribution >= 0.6 is 0 Å². The van der Waals surface area contributed by atoms with Crippen LogP contribution in [0.4, 0.5) is 13.2 Å². The van der Waals surface area contributed by atoms with E-state index in [-0.39, 0.29) is 17.6 Å². The number of likely N-dealkylation sites (tertiary alicyclic amines) is 2. The van der Waals surface area contributed by atoms with Gasteiger partial charge in [-0.05, 0) is 18.4 Å². The Morgan fingerprint density at radius 1 is 1.21 bits per heavy atom. The number of fused-ring (bicyclic) bond motifs is 3. The molecule has 2 bridgehead atoms. The zero-order valence-corrected chi connectivity index (χ0v) is 18.7. The average Bonchev–Trinajstić information content (AvgIpc) is 3.40. The predicted octanol–water partition coefficient (Wildman–Crippen LogP) is 2.45. The fraction of sp³-hybridized carbons (Fsp3) is 0.522. The molecule has 8 nitrogen and oxygen atoms in total. The maximum atomic E-state index is 13.4. The van der Waals surface area contributed by atoms with Crippen molar-refractivity contribution < 1.29 is 32.6 Å². The highest BCUT2D eigenvalue weighted by Crippen LogP contribution is 2.49. The Morgan fingerprint density at radius 3 is 2.53 bits per heavy atom. The maximum Gasteiger partial charge on any atom is 0.490 e. The van der Waals surface area contributed by atoms with Crippen LogP contribution < -0.4 is 0 Å². The number of morpholine rings is 1. The average molecular weight is 480 g/mol. The Balaban J connectivity index is 0.000000344. The molecule has 3 fully saturated rings. The molecule has 3 aliphatic rings. The van der Waals surface area contributed by atoms with Gasteiger partial charge < -0.3 is 14.7 Å². The van der Waals surface area contributed by atoms with Crippen molar-refractivity contribution >= 4 is 11.9 Å². The van der Waals surface area contributed by atoms with Crippen molar-refractivity contribution in [1.82, 2.24) is 19.6 Å². The largest absolute Gasteiger partial charge is 0.490 e. The van der Waals surface area contributed by atoms with E-state index >= 15 is 0 Å². The number of halogens is 3. The zero-order valence-electron chi connectivity index (χ0n) is 18.7. The lowest BCUT2D eigenvalue weighted by Crippen LogP contribution is -2.47. The molecule has 1 amide bonds. The van der Waals surface area contributed by atoms with E-state index in [0.29, 0.717) is 12.5 Å². The molecule has 1 N–H and O–H groups in total. The summed E-state index contributed by atoms with van der Waals surface area (Å²) in [6.07, 6.45) is 0.874. The van der Waals surface area contributed by atoms with Gasteiger partial charge in [0.2, 0.25) is 5.91 Å². The number of nitrogens with zero attached hydrogens (tertiary/aromatic N) is 4. The van der Waals surface area contributed by atoms with E-state index in [9.17, 15) is 18.0 Å². The monoisotopic (exact) mass is 480 g/mol. The fourth-order valence-corrected chi connectivity index (χ4v) is 5.11. The molecule has 0 radical (unpaired) electrons. The second-order valence-corrected chi connectivity index (χ2v) is 9.09. The first kappa shape index (κ1) is 24.2. The minimum Gasteiger partial charge on any atom is -0.475 e. The summed E-state index contributed by atoms with van der Waals surface area (Å²) in [5.74, 6) is -2.46. The van der Waals surface area contributed by atoms with Gasteiger partial charge >= 0.3 is 12.1 Å². The second-order valence-electron chi connectivity index (χ2n) is 9.09. The van der Waals surface area contributed by atoms with Crippen molar-refractivity contribution in [2.45, 2.75) is 44.3 Å². The van der Waals surface area contributed by atoms with Gasteiger partial charge in [0.15, 0.2) is 0 Å². The summed E-state index contributed by atoms with van der Waals surface area (Å²) in [4.78, 5) is 26.7.